The summed E-state index contributed by atoms with van der Waals surface area (Å²) in [5.74, 6) is 1.03. The van der Waals surface area contributed by atoms with E-state index in [-0.39, 0.29) is 11.0 Å². The van der Waals surface area contributed by atoms with E-state index in [0.29, 0.717) is 0 Å². The average molecular weight is 229 g/mol. The van der Waals surface area contributed by atoms with Gasteiger partial charge < -0.3 is 10.7 Å². The predicted molar refractivity (Wildman–Crippen MR) is 69.9 cm³/mol. The third-order valence-corrected chi connectivity index (χ3v) is 3.56. The maximum absolute atomic E-state index is 6.22. The molecular formula is C14H19N3. The van der Waals surface area contributed by atoms with Gasteiger partial charge >= 0.3 is 0 Å². The molecule has 17 heavy (non-hydrogen) atoms. The molecule has 1 aromatic heterocycles. The molecule has 1 fully saturated rings. The van der Waals surface area contributed by atoms with Gasteiger partial charge in [0.05, 0.1) is 11.0 Å². The summed E-state index contributed by atoms with van der Waals surface area (Å²) in [6.07, 6.45) is 2.19. The molecule has 0 radical (unpaired) electrons. The maximum atomic E-state index is 6.22. The molecule has 1 aromatic carbocycles. The van der Waals surface area contributed by atoms with Crippen LogP contribution in [0.4, 0.5) is 0 Å². The lowest BCUT2D eigenvalue weighted by molar-refractivity contribution is 0.554. The summed E-state index contributed by atoms with van der Waals surface area (Å²) in [6, 6.07) is 6.34. The maximum Gasteiger partial charge on any atom is 0.112 e. The fourth-order valence-corrected chi connectivity index (χ4v) is 2.10. The van der Waals surface area contributed by atoms with Crippen LogP contribution < -0.4 is 5.73 Å². The van der Waals surface area contributed by atoms with Crippen LogP contribution in [0.3, 0.4) is 0 Å². The topological polar surface area (TPSA) is 54.7 Å². The first-order valence-electron chi connectivity index (χ1n) is 6.18. The van der Waals surface area contributed by atoms with Gasteiger partial charge in [-0.15, -0.1) is 0 Å². The summed E-state index contributed by atoms with van der Waals surface area (Å²) < 4.78 is 0. The molecule has 0 saturated heterocycles. The van der Waals surface area contributed by atoms with Crippen LogP contribution in [0, 0.1) is 0 Å². The van der Waals surface area contributed by atoms with E-state index < -0.39 is 0 Å². The van der Waals surface area contributed by atoms with Crippen LogP contribution in [-0.4, -0.2) is 9.97 Å². The van der Waals surface area contributed by atoms with Gasteiger partial charge in [0.15, 0.2) is 0 Å². The molecule has 1 aliphatic rings. The normalized spacial score (nSPS) is 18.6. The number of hydrogen-bond donors (Lipinski definition) is 2. The van der Waals surface area contributed by atoms with E-state index in [1.54, 1.807) is 0 Å². The molecule has 0 spiro atoms. The monoisotopic (exact) mass is 229 g/mol. The van der Waals surface area contributed by atoms with E-state index in [9.17, 15) is 0 Å². The highest BCUT2D eigenvalue weighted by atomic mass is 14.9. The van der Waals surface area contributed by atoms with Gasteiger partial charge in [0.2, 0.25) is 0 Å². The Morgan fingerprint density at radius 3 is 2.59 bits per heavy atom. The largest absolute Gasteiger partial charge is 0.342 e. The van der Waals surface area contributed by atoms with Crippen molar-refractivity contribution in [3.8, 4) is 0 Å². The second kappa shape index (κ2) is 3.10. The molecule has 0 aliphatic heterocycles. The Morgan fingerprint density at radius 2 is 2.00 bits per heavy atom. The van der Waals surface area contributed by atoms with Crippen molar-refractivity contribution < 1.29 is 0 Å². The summed E-state index contributed by atoms with van der Waals surface area (Å²) in [5, 5.41) is 0. The molecule has 3 N–H and O–H groups in total. The molecule has 3 heteroatoms. The van der Waals surface area contributed by atoms with E-state index in [0.717, 1.165) is 29.7 Å². The van der Waals surface area contributed by atoms with Gasteiger partial charge in [0, 0.05) is 11.0 Å². The SMILES string of the molecule is CC(C)(C)c1nc2ccc(C3(N)CC3)cc2[nH]1. The molecule has 0 unspecified atom stereocenters. The first-order chi connectivity index (χ1) is 7.88. The highest BCUT2D eigenvalue weighted by Crippen LogP contribution is 2.43. The molecule has 1 heterocycles. The molecule has 1 saturated carbocycles. The Morgan fingerprint density at radius 1 is 1.29 bits per heavy atom. The van der Waals surface area contributed by atoms with Crippen LogP contribution in [-0.2, 0) is 11.0 Å². The standard InChI is InChI=1S/C14H19N3/c1-13(2,3)12-16-10-5-4-9(8-11(10)17-12)14(15)6-7-14/h4-5,8H,6-7,15H2,1-3H3,(H,16,17). The number of aromatic amines is 1. The number of imidazole rings is 1. The van der Waals surface area contributed by atoms with Crippen LogP contribution in [0.2, 0.25) is 0 Å². The molecule has 3 nitrogen and oxygen atoms in total. The number of H-pyrrole nitrogens is 1. The number of fused-ring (bicyclic) bond motifs is 1. The number of nitrogens with zero attached hydrogens (tertiary/aromatic N) is 1. The van der Waals surface area contributed by atoms with Crippen molar-refractivity contribution in [3.63, 3.8) is 0 Å². The predicted octanol–water partition coefficient (Wildman–Crippen LogP) is 2.81. The zero-order valence-corrected chi connectivity index (χ0v) is 10.7. The molecule has 3 rings (SSSR count). The summed E-state index contributed by atoms with van der Waals surface area (Å²) in [4.78, 5) is 8.04. The molecular weight excluding hydrogens is 210 g/mol. The van der Waals surface area contributed by atoms with Gasteiger partial charge in [0.25, 0.3) is 0 Å². The number of rotatable bonds is 1. The fraction of sp³-hybridized carbons (Fsp3) is 0.500. The first-order valence-corrected chi connectivity index (χ1v) is 6.18. The molecule has 0 amide bonds. The first kappa shape index (κ1) is 10.8. The van der Waals surface area contributed by atoms with Gasteiger partial charge in [-0.25, -0.2) is 4.98 Å². The van der Waals surface area contributed by atoms with E-state index in [1.807, 2.05) is 0 Å². The number of nitrogens with two attached hydrogens (primary N) is 1. The zero-order valence-electron chi connectivity index (χ0n) is 10.7. The Labute approximate surface area is 101 Å². The summed E-state index contributed by atoms with van der Waals surface area (Å²) >= 11 is 0. The Bertz CT molecular complexity index is 567. The minimum Gasteiger partial charge on any atom is -0.342 e. The number of nitrogens with one attached hydrogen (secondary N) is 1. The van der Waals surface area contributed by atoms with Crippen molar-refractivity contribution in [2.45, 2.75) is 44.6 Å². The van der Waals surface area contributed by atoms with Crippen LogP contribution in [0.25, 0.3) is 11.0 Å². The van der Waals surface area contributed by atoms with Crippen LogP contribution in [0.1, 0.15) is 45.0 Å². The quantitative estimate of drug-likeness (QED) is 0.790. The summed E-state index contributed by atoms with van der Waals surface area (Å²) in [5.41, 5.74) is 9.57. The van der Waals surface area contributed by atoms with Gasteiger partial charge in [-0.2, -0.15) is 0 Å². The van der Waals surface area contributed by atoms with Crippen molar-refractivity contribution >= 4 is 11.0 Å². The Balaban J connectivity index is 2.11. The van der Waals surface area contributed by atoms with E-state index >= 15 is 0 Å². The van der Waals surface area contributed by atoms with Crippen LogP contribution in [0.15, 0.2) is 18.2 Å². The highest BCUT2D eigenvalue weighted by molar-refractivity contribution is 5.76. The number of hydrogen-bond acceptors (Lipinski definition) is 2. The minimum atomic E-state index is -0.0683. The second-order valence-electron chi connectivity index (χ2n) is 6.22. The third-order valence-electron chi connectivity index (χ3n) is 3.56. The molecule has 0 atom stereocenters. The van der Waals surface area contributed by atoms with E-state index in [1.165, 1.54) is 5.56 Å². The molecule has 1 aliphatic carbocycles. The van der Waals surface area contributed by atoms with Gasteiger partial charge in [-0.1, -0.05) is 26.8 Å². The highest BCUT2D eigenvalue weighted by Gasteiger charge is 2.40. The molecule has 90 valence electrons. The van der Waals surface area contributed by atoms with Gasteiger partial charge in [-0.05, 0) is 30.5 Å². The smallest absolute Gasteiger partial charge is 0.112 e. The van der Waals surface area contributed by atoms with E-state index in [4.69, 9.17) is 5.73 Å². The average Bonchev–Trinajstić information content (AvgIpc) is 2.85. The van der Waals surface area contributed by atoms with Gasteiger partial charge in [-0.3, -0.25) is 0 Å². The lowest BCUT2D eigenvalue weighted by Crippen LogP contribution is -2.18. The minimum absolute atomic E-state index is 0.0547. The van der Waals surface area contributed by atoms with Crippen molar-refractivity contribution in [1.29, 1.82) is 0 Å². The van der Waals surface area contributed by atoms with E-state index in [2.05, 4.69) is 48.9 Å². The number of aromatic nitrogens is 2. The Hall–Kier alpha value is -1.35. The summed E-state index contributed by atoms with van der Waals surface area (Å²) in [6.45, 7) is 6.49. The van der Waals surface area contributed by atoms with Crippen molar-refractivity contribution in [2.75, 3.05) is 0 Å². The third kappa shape index (κ3) is 1.75. The summed E-state index contributed by atoms with van der Waals surface area (Å²) in [7, 11) is 0. The zero-order chi connectivity index (χ0) is 12.3. The second-order valence-corrected chi connectivity index (χ2v) is 6.22. The Kier molecular flexibility index (Phi) is 1.97. The van der Waals surface area contributed by atoms with Crippen LogP contribution in [0.5, 0.6) is 0 Å². The van der Waals surface area contributed by atoms with Crippen molar-refractivity contribution in [1.82, 2.24) is 9.97 Å². The fourth-order valence-electron chi connectivity index (χ4n) is 2.10. The van der Waals surface area contributed by atoms with Crippen molar-refractivity contribution in [2.24, 2.45) is 5.73 Å². The molecule has 0 bridgehead atoms. The lowest BCUT2D eigenvalue weighted by atomic mass is 9.96. The van der Waals surface area contributed by atoms with Crippen LogP contribution >= 0.6 is 0 Å². The van der Waals surface area contributed by atoms with Crippen molar-refractivity contribution in [3.05, 3.63) is 29.6 Å². The lowest BCUT2D eigenvalue weighted by Gasteiger charge is -2.13. The van der Waals surface area contributed by atoms with Gasteiger partial charge in [0.1, 0.15) is 5.82 Å². The number of benzene rings is 1. The molecule has 2 aromatic rings.